The molecule has 5 atom stereocenters. The van der Waals surface area contributed by atoms with Crippen LogP contribution in [0.2, 0.25) is 0 Å². The zero-order valence-corrected chi connectivity index (χ0v) is 24.6. The molecule has 0 aromatic heterocycles. The van der Waals surface area contributed by atoms with Gasteiger partial charge in [-0.15, -0.1) is 0 Å². The van der Waals surface area contributed by atoms with Crippen molar-refractivity contribution >= 4 is 39.4 Å². The number of carboxylic acids is 1. The molecule has 1 aliphatic heterocycles. The van der Waals surface area contributed by atoms with Crippen LogP contribution in [0.4, 0.5) is 0 Å². The van der Waals surface area contributed by atoms with Crippen molar-refractivity contribution in [1.82, 2.24) is 10.6 Å². The SMILES string of the molecule is CC(C)C[C@H](NC(=O)[C@H]1O[C@H](CNC(=O)[C@@H](N)CSSC(C)(C)C)CC[C@@H]1OCc1ccccc1)C(=O)O. The van der Waals surface area contributed by atoms with E-state index >= 15 is 0 Å². The monoisotopic (exact) mass is 569 g/mol. The number of hydrogen-bond donors (Lipinski definition) is 4. The maximum Gasteiger partial charge on any atom is 0.326 e. The smallest absolute Gasteiger partial charge is 0.326 e. The molecule has 1 aromatic rings. The van der Waals surface area contributed by atoms with Gasteiger partial charge in [0.15, 0.2) is 6.10 Å². The van der Waals surface area contributed by atoms with Crippen LogP contribution in [0.1, 0.15) is 59.4 Å². The molecular weight excluding hydrogens is 526 g/mol. The van der Waals surface area contributed by atoms with E-state index in [1.807, 2.05) is 44.2 Å². The Morgan fingerprint density at radius 1 is 1.18 bits per heavy atom. The van der Waals surface area contributed by atoms with Crippen molar-refractivity contribution < 1.29 is 29.0 Å². The molecule has 0 unspecified atom stereocenters. The summed E-state index contributed by atoms with van der Waals surface area (Å²) in [7, 11) is 3.23. The van der Waals surface area contributed by atoms with E-state index in [0.717, 1.165) is 5.56 Å². The first-order valence-electron chi connectivity index (χ1n) is 13.0. The molecule has 0 saturated carbocycles. The van der Waals surface area contributed by atoms with Gasteiger partial charge in [-0.25, -0.2) is 4.79 Å². The molecule has 0 aliphatic carbocycles. The first kappa shape index (κ1) is 32.4. The topological polar surface area (TPSA) is 140 Å². The summed E-state index contributed by atoms with van der Waals surface area (Å²) in [5.74, 6) is -1.33. The van der Waals surface area contributed by atoms with Gasteiger partial charge in [0.1, 0.15) is 6.04 Å². The largest absolute Gasteiger partial charge is 0.480 e. The van der Waals surface area contributed by atoms with Crippen molar-refractivity contribution in [2.45, 2.75) is 95.6 Å². The molecule has 1 fully saturated rings. The van der Waals surface area contributed by atoms with Gasteiger partial charge in [-0.05, 0) is 30.7 Å². The number of ether oxygens (including phenoxy) is 2. The fraction of sp³-hybridized carbons (Fsp3) is 0.667. The van der Waals surface area contributed by atoms with Crippen LogP contribution in [0, 0.1) is 5.92 Å². The predicted octanol–water partition coefficient (Wildman–Crippen LogP) is 3.36. The van der Waals surface area contributed by atoms with E-state index < -0.39 is 42.3 Å². The zero-order valence-electron chi connectivity index (χ0n) is 23.0. The number of carboxylic acid groups (broad SMARTS) is 1. The van der Waals surface area contributed by atoms with E-state index in [0.29, 0.717) is 31.6 Å². The molecule has 1 heterocycles. The maximum absolute atomic E-state index is 13.2. The van der Waals surface area contributed by atoms with E-state index in [-0.39, 0.29) is 23.1 Å². The van der Waals surface area contributed by atoms with Crippen molar-refractivity contribution in [1.29, 1.82) is 0 Å². The van der Waals surface area contributed by atoms with Crippen LogP contribution in [0.5, 0.6) is 0 Å². The molecular formula is C27H43N3O6S2. The maximum atomic E-state index is 13.2. The minimum absolute atomic E-state index is 0.0698. The number of aliphatic carboxylic acids is 1. The van der Waals surface area contributed by atoms with Gasteiger partial charge in [0.25, 0.3) is 5.91 Å². The Labute approximate surface area is 234 Å². The number of rotatable bonds is 14. The van der Waals surface area contributed by atoms with Gasteiger partial charge in [-0.1, -0.05) is 86.5 Å². The van der Waals surface area contributed by atoms with Crippen molar-refractivity contribution in [3.63, 3.8) is 0 Å². The van der Waals surface area contributed by atoms with Crippen LogP contribution in [-0.4, -0.2) is 70.3 Å². The van der Waals surface area contributed by atoms with Crippen LogP contribution in [0.25, 0.3) is 0 Å². The van der Waals surface area contributed by atoms with Crippen molar-refractivity contribution in [3.8, 4) is 0 Å². The number of nitrogens with one attached hydrogen (secondary N) is 2. The highest BCUT2D eigenvalue weighted by Crippen LogP contribution is 2.35. The second-order valence-electron chi connectivity index (χ2n) is 11.0. The van der Waals surface area contributed by atoms with Gasteiger partial charge < -0.3 is 30.9 Å². The molecule has 38 heavy (non-hydrogen) atoms. The number of amides is 2. The lowest BCUT2D eigenvalue weighted by atomic mass is 9.98. The van der Waals surface area contributed by atoms with Gasteiger partial charge in [-0.2, -0.15) is 0 Å². The van der Waals surface area contributed by atoms with Crippen molar-refractivity contribution in [2.24, 2.45) is 11.7 Å². The quantitative estimate of drug-likeness (QED) is 0.248. The fourth-order valence-electron chi connectivity index (χ4n) is 3.85. The number of hydrogen-bond acceptors (Lipinski definition) is 8. The molecule has 1 aromatic carbocycles. The molecule has 0 spiro atoms. The molecule has 1 saturated heterocycles. The van der Waals surface area contributed by atoms with Gasteiger partial charge >= 0.3 is 5.97 Å². The molecule has 1 aliphatic rings. The average molecular weight is 570 g/mol. The highest BCUT2D eigenvalue weighted by Gasteiger charge is 2.39. The zero-order chi connectivity index (χ0) is 28.3. The Morgan fingerprint density at radius 2 is 1.87 bits per heavy atom. The Kier molecular flexibility index (Phi) is 13.4. The molecule has 0 bridgehead atoms. The summed E-state index contributed by atoms with van der Waals surface area (Å²) in [4.78, 5) is 37.5. The highest BCUT2D eigenvalue weighted by molar-refractivity contribution is 8.77. The summed E-state index contributed by atoms with van der Waals surface area (Å²) in [5.41, 5.74) is 7.01. The number of nitrogens with two attached hydrogens (primary N) is 1. The van der Waals surface area contributed by atoms with Crippen LogP contribution < -0.4 is 16.4 Å². The molecule has 0 radical (unpaired) electrons. The minimum atomic E-state index is -1.09. The third kappa shape index (κ3) is 11.9. The third-order valence-corrected chi connectivity index (χ3v) is 9.11. The highest BCUT2D eigenvalue weighted by atomic mass is 33.1. The first-order chi connectivity index (χ1) is 17.9. The van der Waals surface area contributed by atoms with Gasteiger partial charge in [0, 0.05) is 17.0 Å². The Hall–Kier alpha value is -1.79. The molecule has 9 nitrogen and oxygen atoms in total. The van der Waals surface area contributed by atoms with Crippen molar-refractivity contribution in [3.05, 3.63) is 35.9 Å². The van der Waals surface area contributed by atoms with Gasteiger partial charge in [0.05, 0.1) is 24.9 Å². The molecule has 214 valence electrons. The Bertz CT molecular complexity index is 897. The van der Waals surface area contributed by atoms with E-state index in [1.165, 1.54) is 0 Å². The molecule has 2 rings (SSSR count). The number of benzene rings is 1. The standard InChI is InChI=1S/C27H43N3O6S2/c1-17(2)13-21(26(33)34)30-25(32)23-22(35-15-18-9-7-6-8-10-18)12-11-19(36-23)14-29-24(31)20(28)16-37-38-27(3,4)5/h6-10,17,19-23H,11-16,28H2,1-5H3,(H,29,31)(H,30,32)(H,33,34)/t19-,20-,21-,22-,23-/m0/s1. The lowest BCUT2D eigenvalue weighted by Crippen LogP contribution is -2.55. The predicted molar refractivity (Wildman–Crippen MR) is 153 cm³/mol. The Morgan fingerprint density at radius 3 is 2.47 bits per heavy atom. The van der Waals surface area contributed by atoms with Crippen LogP contribution in [-0.2, 0) is 30.5 Å². The summed E-state index contributed by atoms with van der Waals surface area (Å²) >= 11 is 0. The first-order valence-corrected chi connectivity index (χ1v) is 15.4. The second kappa shape index (κ2) is 15.7. The summed E-state index contributed by atoms with van der Waals surface area (Å²) in [6.07, 6.45) is -0.589. The summed E-state index contributed by atoms with van der Waals surface area (Å²) in [5, 5.41) is 15.1. The van der Waals surface area contributed by atoms with Crippen LogP contribution in [0.3, 0.4) is 0 Å². The summed E-state index contributed by atoms with van der Waals surface area (Å²) < 4.78 is 12.2. The Balaban J connectivity index is 2.00. The average Bonchev–Trinajstić information content (AvgIpc) is 2.85. The van der Waals surface area contributed by atoms with Gasteiger partial charge in [-0.3, -0.25) is 9.59 Å². The molecule has 11 heteroatoms. The van der Waals surface area contributed by atoms with Crippen LogP contribution >= 0.6 is 21.6 Å². The van der Waals surface area contributed by atoms with E-state index in [2.05, 4.69) is 31.4 Å². The number of carbonyl (C=O) groups excluding carboxylic acids is 2. The lowest BCUT2D eigenvalue weighted by Gasteiger charge is -2.36. The van der Waals surface area contributed by atoms with Crippen molar-refractivity contribution in [2.75, 3.05) is 12.3 Å². The fourth-order valence-corrected chi connectivity index (χ4v) is 6.27. The second-order valence-corrected chi connectivity index (χ2v) is 14.1. The minimum Gasteiger partial charge on any atom is -0.480 e. The van der Waals surface area contributed by atoms with Crippen LogP contribution in [0.15, 0.2) is 30.3 Å². The van der Waals surface area contributed by atoms with E-state index in [1.54, 1.807) is 21.6 Å². The molecule has 2 amide bonds. The lowest BCUT2D eigenvalue weighted by molar-refractivity contribution is -0.169. The molecule has 5 N–H and O–H groups in total. The van der Waals surface area contributed by atoms with E-state index in [9.17, 15) is 19.5 Å². The summed E-state index contributed by atoms with van der Waals surface area (Å²) in [6.45, 7) is 10.6. The van der Waals surface area contributed by atoms with E-state index in [4.69, 9.17) is 15.2 Å². The normalized spacial score (nSPS) is 21.5. The van der Waals surface area contributed by atoms with Gasteiger partial charge in [0.2, 0.25) is 5.91 Å². The number of carbonyl (C=O) groups is 3. The third-order valence-electron chi connectivity index (χ3n) is 5.73. The summed E-state index contributed by atoms with van der Waals surface area (Å²) in [6, 6.07) is 7.91.